The molecule has 0 radical (unpaired) electrons. The minimum Gasteiger partial charge on any atom is -0.309 e. The molecule has 2 aromatic heterocycles. The van der Waals surface area contributed by atoms with E-state index in [2.05, 4.69) is 209 Å². The maximum atomic E-state index is 5.00. The van der Waals surface area contributed by atoms with Gasteiger partial charge in [0.15, 0.2) is 0 Å². The molecule has 1 aliphatic heterocycles. The molecule has 2 aliphatic carbocycles. The highest BCUT2D eigenvalue weighted by Gasteiger charge is 2.53. The van der Waals surface area contributed by atoms with Gasteiger partial charge in [-0.25, -0.2) is 4.67 Å². The van der Waals surface area contributed by atoms with Gasteiger partial charge < -0.3 is 4.57 Å². The van der Waals surface area contributed by atoms with Gasteiger partial charge in [-0.2, -0.15) is 4.90 Å². The van der Waals surface area contributed by atoms with E-state index in [1.54, 1.807) is 0 Å². The Hall–Kier alpha value is -8.04. The maximum Gasteiger partial charge on any atom is 0.332 e. The van der Waals surface area contributed by atoms with Gasteiger partial charge in [0.25, 0.3) is 0 Å². The Morgan fingerprint density at radius 3 is 1.60 bits per heavy atom. The Morgan fingerprint density at radius 1 is 0.400 bits per heavy atom. The van der Waals surface area contributed by atoms with Crippen molar-refractivity contribution in [2.24, 2.45) is 0 Å². The first-order valence-electron chi connectivity index (χ1n) is 20.6. The molecule has 4 heteroatoms. The molecule has 278 valence electrons. The van der Waals surface area contributed by atoms with Crippen LogP contribution in [-0.4, -0.2) is 21.2 Å². The summed E-state index contributed by atoms with van der Waals surface area (Å²) in [5.41, 5.74) is 19.1. The Kier molecular flexibility index (Phi) is 6.86. The number of fused-ring (bicyclic) bond motifs is 14. The quantitative estimate of drug-likeness (QED) is 0.164. The van der Waals surface area contributed by atoms with Crippen LogP contribution in [0.2, 0.25) is 0 Å². The third-order valence-corrected chi connectivity index (χ3v) is 13.0. The van der Waals surface area contributed by atoms with E-state index in [1.165, 1.54) is 71.9 Å². The molecule has 8 aromatic carbocycles. The van der Waals surface area contributed by atoms with Crippen molar-refractivity contribution in [3.8, 4) is 39.1 Å². The van der Waals surface area contributed by atoms with E-state index in [9.17, 15) is 0 Å². The number of nitrogens with zero attached hydrogens (tertiary/aromatic N) is 4. The number of para-hydroxylation sites is 1. The lowest BCUT2D eigenvalue weighted by molar-refractivity contribution is 0.800. The van der Waals surface area contributed by atoms with E-state index in [-0.39, 0.29) is 0 Å². The zero-order valence-corrected chi connectivity index (χ0v) is 32.5. The molecule has 0 atom stereocenters. The summed E-state index contributed by atoms with van der Waals surface area (Å²) in [6.07, 6.45) is 4.04. The third-order valence-electron chi connectivity index (χ3n) is 13.0. The van der Waals surface area contributed by atoms with Gasteiger partial charge in [-0.05, 0) is 117 Å². The van der Waals surface area contributed by atoms with Gasteiger partial charge in [0, 0.05) is 34.4 Å². The van der Waals surface area contributed by atoms with Crippen molar-refractivity contribution in [2.45, 2.75) is 5.41 Å². The van der Waals surface area contributed by atoms with E-state index in [0.717, 1.165) is 39.7 Å². The Labute approximate surface area is 347 Å². The van der Waals surface area contributed by atoms with Crippen LogP contribution in [0.1, 0.15) is 33.4 Å². The Morgan fingerprint density at radius 2 is 0.950 bits per heavy atom. The van der Waals surface area contributed by atoms with E-state index in [4.69, 9.17) is 4.67 Å². The maximum absolute atomic E-state index is 5.00. The number of anilines is 1. The number of benzene rings is 8. The fraction of sp³-hybridized carbons (Fsp3) is 0.0179. The lowest BCUT2D eigenvalue weighted by atomic mass is 9.69. The smallest absolute Gasteiger partial charge is 0.309 e. The van der Waals surface area contributed by atoms with Crippen molar-refractivity contribution in [2.75, 3.05) is 4.90 Å². The average molecular weight is 764 g/mol. The van der Waals surface area contributed by atoms with Crippen LogP contribution < -0.4 is 9.57 Å². The normalized spacial score (nSPS) is 14.0. The monoisotopic (exact) mass is 763 g/mol. The van der Waals surface area contributed by atoms with Gasteiger partial charge in [-0.1, -0.05) is 133 Å². The van der Waals surface area contributed by atoms with Crippen molar-refractivity contribution in [1.29, 1.82) is 0 Å². The minimum absolute atomic E-state index is 0.464. The predicted molar refractivity (Wildman–Crippen MR) is 246 cm³/mol. The fourth-order valence-electron chi connectivity index (χ4n) is 10.5. The van der Waals surface area contributed by atoms with Gasteiger partial charge >= 0.3 is 11.7 Å². The second-order valence-corrected chi connectivity index (χ2v) is 15.9. The number of pyridine rings is 1. The van der Waals surface area contributed by atoms with Gasteiger partial charge in [0.2, 0.25) is 0 Å². The molecule has 0 N–H and O–H groups in total. The summed E-state index contributed by atoms with van der Waals surface area (Å²) in [5, 5.41) is 2.55. The standard InChI is InChI=1S/C56H35N4/c1-3-13-38(14-4-1)54-58-55(39-15-5-2-6-16-39)60(54)41-29-25-37(26-30-41)36-23-27-40(28-24-36)59-50-22-12-9-19-45(50)52-51(59)32-31-44-46-35-57-34-33-49(46)56(53(44)52)47-20-10-7-17-42(47)43-18-8-11-21-48(43)56/h1-35H/q+1. The van der Waals surface area contributed by atoms with Crippen molar-refractivity contribution in [1.82, 2.24) is 14.2 Å². The molecule has 0 amide bonds. The fourth-order valence-corrected chi connectivity index (χ4v) is 10.5. The molecule has 0 bridgehead atoms. The molecule has 0 saturated heterocycles. The highest BCUT2D eigenvalue weighted by molar-refractivity contribution is 6.35. The van der Waals surface area contributed by atoms with Crippen LogP contribution in [0.3, 0.4) is 0 Å². The molecule has 13 rings (SSSR count). The number of hydrogen-bond acceptors (Lipinski definition) is 2. The van der Waals surface area contributed by atoms with Crippen LogP contribution >= 0.6 is 0 Å². The molecule has 60 heavy (non-hydrogen) atoms. The first-order chi connectivity index (χ1) is 29.8. The molecular formula is C56H35N4+. The summed E-state index contributed by atoms with van der Waals surface area (Å²) in [6.45, 7) is 0. The molecule has 3 heterocycles. The topological polar surface area (TPSA) is 35.2 Å². The van der Waals surface area contributed by atoms with Crippen LogP contribution in [0.4, 0.5) is 5.69 Å². The molecule has 3 aliphatic rings. The van der Waals surface area contributed by atoms with Crippen LogP contribution in [0.25, 0.3) is 60.9 Å². The van der Waals surface area contributed by atoms with E-state index < -0.39 is 5.41 Å². The highest BCUT2D eigenvalue weighted by Crippen LogP contribution is 2.64. The molecule has 0 fully saturated rings. The van der Waals surface area contributed by atoms with E-state index in [1.807, 2.05) is 18.3 Å². The second-order valence-electron chi connectivity index (χ2n) is 15.9. The third kappa shape index (κ3) is 4.40. The lowest BCUT2D eigenvalue weighted by Gasteiger charge is -2.31. The average Bonchev–Trinajstić information content (AvgIpc) is 3.92. The van der Waals surface area contributed by atoms with Crippen molar-refractivity contribution >= 4 is 39.2 Å². The molecular weight excluding hydrogens is 729 g/mol. The zero-order valence-electron chi connectivity index (χ0n) is 32.5. The number of hydrogen-bond donors (Lipinski definition) is 0. The van der Waals surface area contributed by atoms with Gasteiger partial charge in [0.05, 0.1) is 27.6 Å². The molecule has 0 saturated carbocycles. The largest absolute Gasteiger partial charge is 0.332 e. The second kappa shape index (κ2) is 12.5. The zero-order chi connectivity index (χ0) is 39.4. The van der Waals surface area contributed by atoms with E-state index >= 15 is 0 Å². The summed E-state index contributed by atoms with van der Waals surface area (Å²) in [7, 11) is 0. The Bertz CT molecular complexity index is 3330. The van der Waals surface area contributed by atoms with Crippen LogP contribution in [-0.2, 0) is 5.41 Å². The minimum atomic E-state index is -0.464. The van der Waals surface area contributed by atoms with Crippen molar-refractivity contribution in [3.05, 3.63) is 246 Å². The highest BCUT2D eigenvalue weighted by atomic mass is 15.3. The summed E-state index contributed by atoms with van der Waals surface area (Å²) in [4.78, 5) is 6.95. The summed E-state index contributed by atoms with van der Waals surface area (Å²) in [6, 6.07) is 72.6. The molecule has 1 spiro atoms. The van der Waals surface area contributed by atoms with Crippen LogP contribution in [0.15, 0.2) is 213 Å². The number of amidine groups is 2. The molecule has 0 unspecified atom stereocenters. The van der Waals surface area contributed by atoms with E-state index in [0.29, 0.717) is 0 Å². The summed E-state index contributed by atoms with van der Waals surface area (Å²) >= 11 is 0. The van der Waals surface area contributed by atoms with Gasteiger partial charge in [-0.15, -0.1) is 0 Å². The molecule has 10 aromatic rings. The first-order valence-corrected chi connectivity index (χ1v) is 20.6. The summed E-state index contributed by atoms with van der Waals surface area (Å²) in [5.74, 6) is 1.91. The van der Waals surface area contributed by atoms with Crippen LogP contribution in [0, 0.1) is 0 Å². The number of aromatic nitrogens is 2. The van der Waals surface area contributed by atoms with Crippen LogP contribution in [0.5, 0.6) is 0 Å². The summed E-state index contributed by atoms with van der Waals surface area (Å²) < 4.78 is 7.46. The van der Waals surface area contributed by atoms with Crippen molar-refractivity contribution < 1.29 is 0 Å². The Balaban J connectivity index is 0.931. The predicted octanol–water partition coefficient (Wildman–Crippen LogP) is 12.0. The van der Waals surface area contributed by atoms with Crippen molar-refractivity contribution in [3.63, 3.8) is 0 Å². The van der Waals surface area contributed by atoms with Gasteiger partial charge in [-0.3, -0.25) is 4.98 Å². The SMILES string of the molecule is c1ccc(C2=[N+]=C(c3ccccc3)N2c2ccc(-c3ccc(-n4c5ccccc5c5c6c(ccc54)-c4cnccc4C64c5ccccc5-c5ccccc54)cc3)cc2)cc1. The van der Waals surface area contributed by atoms with Gasteiger partial charge in [0.1, 0.15) is 5.69 Å². The molecule has 4 nitrogen and oxygen atoms in total. The number of rotatable bonds is 5. The lowest BCUT2D eigenvalue weighted by Crippen LogP contribution is -2.49. The first kappa shape index (κ1) is 33.0.